The molecule has 0 saturated carbocycles. The highest BCUT2D eigenvalue weighted by Gasteiger charge is 2.04. The third-order valence-electron chi connectivity index (χ3n) is 3.47. The molecule has 0 aliphatic rings. The number of carbonyl (C=O) groups is 1. The Bertz CT molecular complexity index is 962. The first-order valence-electron chi connectivity index (χ1n) is 7.61. The van der Waals surface area contributed by atoms with Crippen LogP contribution in [-0.2, 0) is 0 Å². The van der Waals surface area contributed by atoms with E-state index in [1.165, 1.54) is 13.3 Å². The van der Waals surface area contributed by atoms with Crippen LogP contribution in [0.25, 0.3) is 0 Å². The van der Waals surface area contributed by atoms with Crippen LogP contribution in [0, 0.1) is 11.3 Å². The fourth-order valence-electron chi connectivity index (χ4n) is 2.27. The maximum absolute atomic E-state index is 11.5. The number of hydrogen-bond acceptors (Lipinski definition) is 6. The summed E-state index contributed by atoms with van der Waals surface area (Å²) >= 11 is 0. The number of anilines is 4. The highest BCUT2D eigenvalue weighted by atomic mass is 16.1. The molecule has 6 heteroatoms. The maximum atomic E-state index is 11.5. The van der Waals surface area contributed by atoms with E-state index in [1.807, 2.05) is 18.2 Å². The third-order valence-corrected chi connectivity index (χ3v) is 3.47. The van der Waals surface area contributed by atoms with E-state index in [-0.39, 0.29) is 5.78 Å². The molecule has 0 spiro atoms. The van der Waals surface area contributed by atoms with Crippen molar-refractivity contribution in [1.82, 2.24) is 9.97 Å². The van der Waals surface area contributed by atoms with Crippen molar-refractivity contribution < 1.29 is 4.79 Å². The van der Waals surface area contributed by atoms with Gasteiger partial charge in [-0.25, -0.2) is 9.97 Å². The summed E-state index contributed by atoms with van der Waals surface area (Å²) in [6, 6.07) is 18.2. The molecule has 1 aromatic heterocycles. The van der Waals surface area contributed by atoms with E-state index < -0.39 is 0 Å². The number of ketones is 1. The standard InChI is InChI=1S/C19H15N5O/c1-13(25)15-5-3-7-17(9-15)24-19-10-18(21-12-22-19)23-16-6-2-4-14(8-16)11-20/h2-10,12H,1H3,(H2,21,22,23,24). The molecule has 0 unspecified atom stereocenters. The predicted octanol–water partition coefficient (Wildman–Crippen LogP) is 4.04. The van der Waals surface area contributed by atoms with Crippen molar-refractivity contribution in [3.05, 3.63) is 72.1 Å². The van der Waals surface area contributed by atoms with E-state index in [0.717, 1.165) is 11.4 Å². The van der Waals surface area contributed by atoms with E-state index in [9.17, 15) is 4.79 Å². The Labute approximate surface area is 145 Å². The lowest BCUT2D eigenvalue weighted by molar-refractivity contribution is 0.101. The van der Waals surface area contributed by atoms with E-state index in [4.69, 9.17) is 5.26 Å². The predicted molar refractivity (Wildman–Crippen MR) is 96.2 cm³/mol. The molecular formula is C19H15N5O. The Morgan fingerprint density at radius 3 is 2.24 bits per heavy atom. The smallest absolute Gasteiger partial charge is 0.159 e. The van der Waals surface area contributed by atoms with Crippen molar-refractivity contribution in [2.24, 2.45) is 0 Å². The van der Waals surface area contributed by atoms with Crippen LogP contribution in [0.1, 0.15) is 22.8 Å². The Morgan fingerprint density at radius 2 is 1.60 bits per heavy atom. The topological polar surface area (TPSA) is 90.7 Å². The number of nitriles is 1. The molecule has 2 N–H and O–H groups in total. The number of aromatic nitrogens is 2. The van der Waals surface area contributed by atoms with E-state index in [0.29, 0.717) is 22.8 Å². The zero-order valence-corrected chi connectivity index (χ0v) is 13.5. The summed E-state index contributed by atoms with van der Waals surface area (Å²) in [7, 11) is 0. The molecule has 0 fully saturated rings. The van der Waals surface area contributed by atoms with Gasteiger partial charge in [0, 0.05) is 23.0 Å². The summed E-state index contributed by atoms with van der Waals surface area (Å²) in [5, 5.41) is 15.3. The number of rotatable bonds is 5. The van der Waals surface area contributed by atoms with Crippen LogP contribution in [0.15, 0.2) is 60.9 Å². The average Bonchev–Trinajstić information content (AvgIpc) is 2.62. The summed E-state index contributed by atoms with van der Waals surface area (Å²) in [4.78, 5) is 19.8. The van der Waals surface area contributed by atoms with Gasteiger partial charge >= 0.3 is 0 Å². The zero-order chi connectivity index (χ0) is 17.6. The molecule has 0 aliphatic heterocycles. The number of nitrogens with zero attached hydrogens (tertiary/aromatic N) is 3. The van der Waals surface area contributed by atoms with Gasteiger partial charge in [-0.2, -0.15) is 5.26 Å². The summed E-state index contributed by atoms with van der Waals surface area (Å²) in [5.41, 5.74) is 2.73. The highest BCUT2D eigenvalue weighted by molar-refractivity contribution is 5.95. The summed E-state index contributed by atoms with van der Waals surface area (Å²) < 4.78 is 0. The molecule has 0 bridgehead atoms. The van der Waals surface area contributed by atoms with Gasteiger partial charge in [-0.05, 0) is 37.3 Å². The lowest BCUT2D eigenvalue weighted by Crippen LogP contribution is -1.99. The van der Waals surface area contributed by atoms with Gasteiger partial charge in [-0.3, -0.25) is 4.79 Å². The lowest BCUT2D eigenvalue weighted by Gasteiger charge is -2.09. The molecule has 2 aromatic carbocycles. The minimum atomic E-state index is 0.00562. The van der Waals surface area contributed by atoms with Gasteiger partial charge in [-0.1, -0.05) is 18.2 Å². The van der Waals surface area contributed by atoms with Crippen molar-refractivity contribution >= 4 is 28.8 Å². The minimum Gasteiger partial charge on any atom is -0.340 e. The molecule has 0 atom stereocenters. The summed E-state index contributed by atoms with van der Waals surface area (Å²) in [6.07, 6.45) is 1.44. The minimum absolute atomic E-state index is 0.00562. The van der Waals surface area contributed by atoms with Crippen LogP contribution in [0.4, 0.5) is 23.0 Å². The first-order valence-corrected chi connectivity index (χ1v) is 7.61. The second-order valence-corrected chi connectivity index (χ2v) is 5.37. The summed E-state index contributed by atoms with van der Waals surface area (Å²) in [6.45, 7) is 1.53. The maximum Gasteiger partial charge on any atom is 0.159 e. The molecule has 3 rings (SSSR count). The molecule has 0 saturated heterocycles. The van der Waals surface area contributed by atoms with Crippen molar-refractivity contribution in [2.45, 2.75) is 6.92 Å². The second kappa shape index (κ2) is 7.23. The monoisotopic (exact) mass is 329 g/mol. The Kier molecular flexibility index (Phi) is 4.67. The van der Waals surface area contributed by atoms with Crippen LogP contribution in [0.3, 0.4) is 0 Å². The fourth-order valence-corrected chi connectivity index (χ4v) is 2.27. The van der Waals surface area contributed by atoms with Gasteiger partial charge in [0.05, 0.1) is 11.6 Å². The van der Waals surface area contributed by atoms with Gasteiger partial charge in [0.15, 0.2) is 5.78 Å². The highest BCUT2D eigenvalue weighted by Crippen LogP contribution is 2.20. The molecule has 0 radical (unpaired) electrons. The van der Waals surface area contributed by atoms with Crippen LogP contribution in [0.2, 0.25) is 0 Å². The van der Waals surface area contributed by atoms with Gasteiger partial charge in [-0.15, -0.1) is 0 Å². The van der Waals surface area contributed by atoms with Gasteiger partial charge in [0.1, 0.15) is 18.0 Å². The number of Topliss-reactive ketones (excluding diaryl/α,β-unsaturated/α-hetero) is 1. The van der Waals surface area contributed by atoms with Crippen LogP contribution in [0.5, 0.6) is 0 Å². The molecule has 3 aromatic rings. The lowest BCUT2D eigenvalue weighted by atomic mass is 10.1. The van der Waals surface area contributed by atoms with Crippen LogP contribution in [-0.4, -0.2) is 15.8 Å². The summed E-state index contributed by atoms with van der Waals surface area (Å²) in [5.74, 6) is 1.19. The Hall–Kier alpha value is -3.72. The van der Waals surface area contributed by atoms with Crippen LogP contribution < -0.4 is 10.6 Å². The number of benzene rings is 2. The second-order valence-electron chi connectivity index (χ2n) is 5.37. The van der Waals surface area contributed by atoms with Gasteiger partial charge in [0.2, 0.25) is 0 Å². The SMILES string of the molecule is CC(=O)c1cccc(Nc2cc(Nc3cccc(C#N)c3)ncn2)c1. The average molecular weight is 329 g/mol. The normalized spacial score (nSPS) is 9.92. The third kappa shape index (κ3) is 4.18. The largest absolute Gasteiger partial charge is 0.340 e. The van der Waals surface area contributed by atoms with Crippen molar-refractivity contribution in [3.8, 4) is 6.07 Å². The van der Waals surface area contributed by atoms with E-state index in [1.54, 1.807) is 36.4 Å². The van der Waals surface area contributed by atoms with Gasteiger partial charge < -0.3 is 10.6 Å². The van der Waals surface area contributed by atoms with E-state index >= 15 is 0 Å². The van der Waals surface area contributed by atoms with Crippen molar-refractivity contribution in [1.29, 1.82) is 5.26 Å². The number of carbonyl (C=O) groups excluding carboxylic acids is 1. The molecule has 0 aliphatic carbocycles. The Balaban J connectivity index is 1.78. The van der Waals surface area contributed by atoms with Crippen LogP contribution >= 0.6 is 0 Å². The molecule has 6 nitrogen and oxygen atoms in total. The quantitative estimate of drug-likeness (QED) is 0.687. The van der Waals surface area contributed by atoms with E-state index in [2.05, 4.69) is 26.7 Å². The van der Waals surface area contributed by atoms with Crippen molar-refractivity contribution in [3.63, 3.8) is 0 Å². The number of nitrogens with one attached hydrogen (secondary N) is 2. The molecule has 1 heterocycles. The molecular weight excluding hydrogens is 314 g/mol. The Morgan fingerprint density at radius 1 is 0.960 bits per heavy atom. The first-order chi connectivity index (χ1) is 12.1. The fraction of sp³-hybridized carbons (Fsp3) is 0.0526. The van der Waals surface area contributed by atoms with Crippen molar-refractivity contribution in [2.75, 3.05) is 10.6 Å². The first kappa shape index (κ1) is 16.1. The number of hydrogen-bond donors (Lipinski definition) is 2. The molecule has 122 valence electrons. The zero-order valence-electron chi connectivity index (χ0n) is 13.5. The molecule has 0 amide bonds. The molecule has 25 heavy (non-hydrogen) atoms. The van der Waals surface area contributed by atoms with Gasteiger partial charge in [0.25, 0.3) is 0 Å².